The third kappa shape index (κ3) is 2.60. The predicted octanol–water partition coefficient (Wildman–Crippen LogP) is 2.89. The fourth-order valence-electron chi connectivity index (χ4n) is 1.74. The summed E-state index contributed by atoms with van der Waals surface area (Å²) in [6.07, 6.45) is 0.0984. The number of aliphatic hydroxyl groups is 1. The highest BCUT2D eigenvalue weighted by atomic mass is 16.3. The molecule has 0 aliphatic carbocycles. The molecular weight excluding hydrogens is 212 g/mol. The van der Waals surface area contributed by atoms with Crippen molar-refractivity contribution in [2.75, 3.05) is 0 Å². The molecule has 1 atom stereocenters. The molecule has 2 rings (SSSR count). The molecule has 0 aromatic heterocycles. The largest absolute Gasteiger partial charge is 0.384 e. The van der Waals surface area contributed by atoms with Crippen molar-refractivity contribution in [1.29, 1.82) is 0 Å². The number of rotatable bonds is 3. The van der Waals surface area contributed by atoms with Crippen molar-refractivity contribution in [1.82, 2.24) is 0 Å². The minimum Gasteiger partial charge on any atom is -0.384 e. The highest BCUT2D eigenvalue weighted by Gasteiger charge is 2.10. The van der Waals surface area contributed by atoms with E-state index in [0.717, 1.165) is 23.0 Å². The molecule has 2 aromatic carbocycles. The standard InChI is InChI=1S/C15H14O2/c1-11-5-7-13(8-6-11)15(17)14-4-2-3-12(9-14)10-16/h2-10,15,17H,1H3. The minimum absolute atomic E-state index is 0.577. The van der Waals surface area contributed by atoms with Crippen LogP contribution in [0, 0.1) is 6.92 Å². The second kappa shape index (κ2) is 4.93. The van der Waals surface area contributed by atoms with E-state index in [-0.39, 0.29) is 0 Å². The van der Waals surface area contributed by atoms with E-state index < -0.39 is 6.10 Å². The second-order valence-corrected chi connectivity index (χ2v) is 4.10. The van der Waals surface area contributed by atoms with Crippen LogP contribution in [0.1, 0.15) is 33.2 Å². The molecule has 0 aliphatic rings. The quantitative estimate of drug-likeness (QED) is 0.817. The number of carbonyl (C=O) groups excluding carboxylic acids is 1. The van der Waals surface area contributed by atoms with Crippen molar-refractivity contribution in [3.8, 4) is 0 Å². The summed E-state index contributed by atoms with van der Waals surface area (Å²) in [4.78, 5) is 10.7. The molecule has 86 valence electrons. The number of hydrogen-bond donors (Lipinski definition) is 1. The molecule has 0 fully saturated rings. The maximum atomic E-state index is 10.7. The van der Waals surface area contributed by atoms with Gasteiger partial charge in [0.15, 0.2) is 0 Å². The van der Waals surface area contributed by atoms with Crippen molar-refractivity contribution in [2.24, 2.45) is 0 Å². The van der Waals surface area contributed by atoms with Gasteiger partial charge >= 0.3 is 0 Å². The van der Waals surface area contributed by atoms with Gasteiger partial charge in [0.2, 0.25) is 0 Å². The van der Waals surface area contributed by atoms with Crippen LogP contribution in [0.3, 0.4) is 0 Å². The highest BCUT2D eigenvalue weighted by Crippen LogP contribution is 2.22. The first-order valence-electron chi connectivity index (χ1n) is 5.50. The Morgan fingerprint density at radius 2 is 1.76 bits per heavy atom. The van der Waals surface area contributed by atoms with Crippen LogP contribution in [0.5, 0.6) is 0 Å². The number of aryl methyl sites for hydroxylation is 1. The van der Waals surface area contributed by atoms with Gasteiger partial charge in [0.25, 0.3) is 0 Å². The zero-order chi connectivity index (χ0) is 12.3. The summed E-state index contributed by atoms with van der Waals surface area (Å²) in [6.45, 7) is 2.00. The molecule has 2 nitrogen and oxygen atoms in total. The van der Waals surface area contributed by atoms with Crippen molar-refractivity contribution in [3.05, 3.63) is 70.8 Å². The normalized spacial score (nSPS) is 12.1. The zero-order valence-corrected chi connectivity index (χ0v) is 9.63. The summed E-state index contributed by atoms with van der Waals surface area (Å²) in [5, 5.41) is 10.2. The molecule has 0 bridgehead atoms. The van der Waals surface area contributed by atoms with Crippen molar-refractivity contribution >= 4 is 6.29 Å². The van der Waals surface area contributed by atoms with E-state index in [1.807, 2.05) is 37.3 Å². The third-order valence-electron chi connectivity index (χ3n) is 2.76. The van der Waals surface area contributed by atoms with Crippen molar-refractivity contribution in [2.45, 2.75) is 13.0 Å². The molecule has 0 saturated carbocycles. The average molecular weight is 226 g/mol. The summed E-state index contributed by atoms with van der Waals surface area (Å²) in [5.74, 6) is 0. The van der Waals surface area contributed by atoms with E-state index >= 15 is 0 Å². The van der Waals surface area contributed by atoms with E-state index in [2.05, 4.69) is 0 Å². The van der Waals surface area contributed by atoms with Crippen LogP contribution in [0.4, 0.5) is 0 Å². The van der Waals surface area contributed by atoms with Gasteiger partial charge in [-0.2, -0.15) is 0 Å². The van der Waals surface area contributed by atoms with Crippen molar-refractivity contribution in [3.63, 3.8) is 0 Å². The van der Waals surface area contributed by atoms with E-state index in [1.165, 1.54) is 0 Å². The third-order valence-corrected chi connectivity index (χ3v) is 2.76. The highest BCUT2D eigenvalue weighted by molar-refractivity contribution is 5.75. The summed E-state index contributed by atoms with van der Waals surface area (Å²) in [6, 6.07) is 14.7. The lowest BCUT2D eigenvalue weighted by atomic mass is 9.99. The number of aliphatic hydroxyl groups excluding tert-OH is 1. The summed E-state index contributed by atoms with van der Waals surface area (Å²) in [5.41, 5.74) is 3.30. The van der Waals surface area contributed by atoms with E-state index in [9.17, 15) is 9.90 Å². The molecule has 0 amide bonds. The first kappa shape index (κ1) is 11.6. The lowest BCUT2D eigenvalue weighted by Gasteiger charge is -2.12. The fourth-order valence-corrected chi connectivity index (χ4v) is 1.74. The van der Waals surface area contributed by atoms with Crippen molar-refractivity contribution < 1.29 is 9.90 Å². The van der Waals surface area contributed by atoms with Gasteiger partial charge in [-0.15, -0.1) is 0 Å². The molecule has 0 radical (unpaired) electrons. The van der Waals surface area contributed by atoms with E-state index in [0.29, 0.717) is 5.56 Å². The molecule has 0 aliphatic heterocycles. The van der Waals surface area contributed by atoms with Crippen LogP contribution < -0.4 is 0 Å². The Hall–Kier alpha value is -1.93. The zero-order valence-electron chi connectivity index (χ0n) is 9.63. The molecule has 2 aromatic rings. The van der Waals surface area contributed by atoms with Gasteiger partial charge in [0.05, 0.1) is 0 Å². The van der Waals surface area contributed by atoms with Gasteiger partial charge in [-0.05, 0) is 24.1 Å². The number of carbonyl (C=O) groups is 1. The molecule has 17 heavy (non-hydrogen) atoms. The molecule has 2 heteroatoms. The Kier molecular flexibility index (Phi) is 3.35. The monoisotopic (exact) mass is 226 g/mol. The van der Waals surface area contributed by atoms with Gasteiger partial charge in [-0.1, -0.05) is 48.0 Å². The lowest BCUT2D eigenvalue weighted by molar-refractivity contribution is 0.112. The molecule has 0 heterocycles. The molecule has 1 N–H and O–H groups in total. The van der Waals surface area contributed by atoms with Crippen LogP contribution in [0.15, 0.2) is 48.5 Å². The summed E-state index contributed by atoms with van der Waals surface area (Å²) in [7, 11) is 0. The van der Waals surface area contributed by atoms with Crippen LogP contribution in [-0.2, 0) is 0 Å². The lowest BCUT2D eigenvalue weighted by Crippen LogP contribution is -2.00. The molecule has 1 unspecified atom stereocenters. The van der Waals surface area contributed by atoms with Gasteiger partial charge in [-0.3, -0.25) is 4.79 Å². The van der Waals surface area contributed by atoms with Gasteiger partial charge in [0.1, 0.15) is 12.4 Å². The Bertz CT molecular complexity index is 515. The smallest absolute Gasteiger partial charge is 0.150 e. The van der Waals surface area contributed by atoms with Gasteiger partial charge in [-0.25, -0.2) is 0 Å². The van der Waals surface area contributed by atoms with E-state index in [4.69, 9.17) is 0 Å². The molecule has 0 saturated heterocycles. The van der Waals surface area contributed by atoms with Crippen LogP contribution in [0.2, 0.25) is 0 Å². The minimum atomic E-state index is -0.685. The first-order valence-corrected chi connectivity index (χ1v) is 5.50. The maximum absolute atomic E-state index is 10.7. The number of hydrogen-bond acceptors (Lipinski definition) is 2. The molecular formula is C15H14O2. The number of benzene rings is 2. The topological polar surface area (TPSA) is 37.3 Å². The van der Waals surface area contributed by atoms with Crippen LogP contribution in [-0.4, -0.2) is 11.4 Å². The summed E-state index contributed by atoms with van der Waals surface area (Å²) >= 11 is 0. The van der Waals surface area contributed by atoms with Gasteiger partial charge < -0.3 is 5.11 Å². The summed E-state index contributed by atoms with van der Waals surface area (Å²) < 4.78 is 0. The second-order valence-electron chi connectivity index (χ2n) is 4.10. The van der Waals surface area contributed by atoms with Gasteiger partial charge in [0, 0.05) is 5.56 Å². The van der Waals surface area contributed by atoms with E-state index in [1.54, 1.807) is 18.2 Å². The SMILES string of the molecule is Cc1ccc(C(O)c2cccc(C=O)c2)cc1. The Morgan fingerprint density at radius 1 is 1.06 bits per heavy atom. The Morgan fingerprint density at radius 3 is 2.41 bits per heavy atom. The maximum Gasteiger partial charge on any atom is 0.150 e. The first-order chi connectivity index (χ1) is 8.20. The fraction of sp³-hybridized carbons (Fsp3) is 0.133. The van der Waals surface area contributed by atoms with Crippen LogP contribution in [0.25, 0.3) is 0 Å². The average Bonchev–Trinajstić information content (AvgIpc) is 2.39. The number of aldehydes is 1. The predicted molar refractivity (Wildman–Crippen MR) is 67.1 cm³/mol. The Balaban J connectivity index is 2.32. The Labute approximate surface area is 101 Å². The molecule has 0 spiro atoms. The van der Waals surface area contributed by atoms with Crippen LogP contribution >= 0.6 is 0 Å².